The van der Waals surface area contributed by atoms with Crippen molar-refractivity contribution in [2.45, 2.75) is 65.3 Å². The number of aromatic nitrogens is 1. The third-order valence-corrected chi connectivity index (χ3v) is 5.44. The second-order valence-corrected chi connectivity index (χ2v) is 8.40. The molecule has 0 unspecified atom stereocenters. The van der Waals surface area contributed by atoms with Crippen LogP contribution in [0.3, 0.4) is 0 Å². The number of rotatable bonds is 7. The largest absolute Gasteiger partial charge is 0.337 e. The van der Waals surface area contributed by atoms with E-state index in [1.165, 1.54) is 0 Å². The molecule has 1 amide bonds. The molecule has 0 N–H and O–H groups in total. The maximum Gasteiger partial charge on any atom is 0.235 e. The molecule has 0 fully saturated rings. The van der Waals surface area contributed by atoms with Gasteiger partial charge in [0.25, 0.3) is 0 Å². The van der Waals surface area contributed by atoms with Crippen LogP contribution in [0.2, 0.25) is 0 Å². The van der Waals surface area contributed by atoms with E-state index in [9.17, 15) is 9.00 Å². The van der Waals surface area contributed by atoms with Gasteiger partial charge in [-0.2, -0.15) is 0 Å². The molecule has 1 rings (SSSR count). The van der Waals surface area contributed by atoms with Crippen molar-refractivity contribution in [3.8, 4) is 0 Å². The molecule has 1 aromatic rings. The van der Waals surface area contributed by atoms with Crippen molar-refractivity contribution in [3.05, 3.63) is 16.1 Å². The van der Waals surface area contributed by atoms with E-state index >= 15 is 0 Å². The van der Waals surface area contributed by atoms with E-state index in [1.54, 1.807) is 16.2 Å². The van der Waals surface area contributed by atoms with Crippen LogP contribution >= 0.6 is 11.3 Å². The zero-order valence-electron chi connectivity index (χ0n) is 13.8. The summed E-state index contributed by atoms with van der Waals surface area (Å²) in [6.07, 6.45) is 0. The Morgan fingerprint density at radius 3 is 2.24 bits per heavy atom. The fourth-order valence-corrected chi connectivity index (χ4v) is 4.20. The molecular weight excluding hydrogens is 304 g/mol. The summed E-state index contributed by atoms with van der Waals surface area (Å²) in [5.74, 6) is 0.776. The first-order chi connectivity index (χ1) is 9.72. The Labute approximate surface area is 134 Å². The third kappa shape index (κ3) is 5.51. The Kier molecular flexibility index (Phi) is 7.00. The van der Waals surface area contributed by atoms with Crippen molar-refractivity contribution in [2.24, 2.45) is 0 Å². The number of hydrogen-bond donors (Lipinski definition) is 0. The first-order valence-electron chi connectivity index (χ1n) is 7.32. The van der Waals surface area contributed by atoms with Crippen LogP contribution in [-0.2, 0) is 21.3 Å². The second-order valence-electron chi connectivity index (χ2n) is 6.05. The van der Waals surface area contributed by atoms with Crippen LogP contribution in [0.15, 0.2) is 5.38 Å². The summed E-state index contributed by atoms with van der Waals surface area (Å²) >= 11 is 1.59. The molecule has 0 radical (unpaired) electrons. The normalized spacial score (nSPS) is 13.2. The van der Waals surface area contributed by atoms with E-state index in [2.05, 4.69) is 18.8 Å². The minimum atomic E-state index is -1.20. The van der Waals surface area contributed by atoms with Gasteiger partial charge in [-0.05, 0) is 27.7 Å². The molecule has 1 atom stereocenters. The lowest BCUT2D eigenvalue weighted by Gasteiger charge is -2.30. The quantitative estimate of drug-likeness (QED) is 0.771. The van der Waals surface area contributed by atoms with Gasteiger partial charge in [0.1, 0.15) is 5.75 Å². The predicted molar refractivity (Wildman–Crippen MR) is 90.0 cm³/mol. The van der Waals surface area contributed by atoms with Crippen LogP contribution in [0.4, 0.5) is 0 Å². The van der Waals surface area contributed by atoms with Crippen molar-refractivity contribution in [1.82, 2.24) is 9.88 Å². The van der Waals surface area contributed by atoms with Crippen LogP contribution in [0, 0.1) is 0 Å². The molecule has 1 heterocycles. The molecule has 0 aliphatic carbocycles. The van der Waals surface area contributed by atoms with Gasteiger partial charge in [0.15, 0.2) is 0 Å². The summed E-state index contributed by atoms with van der Waals surface area (Å²) in [5, 5.41) is 3.00. The van der Waals surface area contributed by atoms with Crippen LogP contribution in [0.5, 0.6) is 0 Å². The second kappa shape index (κ2) is 8.03. The maximum absolute atomic E-state index is 12.3. The van der Waals surface area contributed by atoms with Gasteiger partial charge in [-0.15, -0.1) is 11.3 Å². The van der Waals surface area contributed by atoms with Crippen molar-refractivity contribution < 1.29 is 9.00 Å². The molecule has 6 heteroatoms. The average Bonchev–Trinajstić information content (AvgIpc) is 2.75. The molecule has 120 valence electrons. The first-order valence-corrected chi connectivity index (χ1v) is 9.69. The predicted octanol–water partition coefficient (Wildman–Crippen LogP) is 3.16. The third-order valence-electron chi connectivity index (χ3n) is 3.06. The molecular formula is C15H26N2O2S2. The van der Waals surface area contributed by atoms with E-state index in [-0.39, 0.29) is 23.7 Å². The molecule has 0 aromatic carbocycles. The molecule has 0 bridgehead atoms. The number of carbonyl (C=O) groups is 1. The highest BCUT2D eigenvalue weighted by molar-refractivity contribution is 7.84. The summed E-state index contributed by atoms with van der Waals surface area (Å²) in [6, 6.07) is 0.252. The van der Waals surface area contributed by atoms with E-state index in [0.29, 0.717) is 11.7 Å². The van der Waals surface area contributed by atoms with Gasteiger partial charge in [-0.1, -0.05) is 13.8 Å². The fraction of sp³-hybridized carbons (Fsp3) is 0.733. The maximum atomic E-state index is 12.3. The Bertz CT molecular complexity index is 488. The van der Waals surface area contributed by atoms with Gasteiger partial charge < -0.3 is 4.90 Å². The van der Waals surface area contributed by atoms with E-state index in [1.807, 2.05) is 33.1 Å². The number of nitrogens with zero attached hydrogens (tertiary/aromatic N) is 2. The first kappa shape index (κ1) is 18.3. The van der Waals surface area contributed by atoms with Gasteiger partial charge >= 0.3 is 0 Å². The lowest BCUT2D eigenvalue weighted by atomic mass is 10.2. The summed E-state index contributed by atoms with van der Waals surface area (Å²) in [5.41, 5.74) is 0.829. The summed E-state index contributed by atoms with van der Waals surface area (Å²) in [7, 11) is -1.20. The highest BCUT2D eigenvalue weighted by atomic mass is 32.2. The number of thiazole rings is 1. The minimum Gasteiger partial charge on any atom is -0.337 e. The summed E-state index contributed by atoms with van der Waals surface area (Å²) in [6.45, 7) is 12.1. The molecule has 0 spiro atoms. The van der Waals surface area contributed by atoms with Crippen molar-refractivity contribution in [3.63, 3.8) is 0 Å². The van der Waals surface area contributed by atoms with Gasteiger partial charge in [0.2, 0.25) is 5.91 Å². The standard InChI is InChI=1S/C15H26N2O2S2/c1-10(2)15-16-13(7-20-15)8-21(19)9-14(18)17(11(3)4)12(5)6/h7,10-12H,8-9H2,1-6H3/t21-/m0/s1. The van der Waals surface area contributed by atoms with Gasteiger partial charge in [-0.3, -0.25) is 9.00 Å². The zero-order chi connectivity index (χ0) is 16.2. The SMILES string of the molecule is CC(C)c1nc(C[S@](=O)CC(=O)N(C(C)C)C(C)C)cs1. The van der Waals surface area contributed by atoms with Crippen molar-refractivity contribution in [2.75, 3.05) is 5.75 Å². The summed E-state index contributed by atoms with van der Waals surface area (Å²) in [4.78, 5) is 18.5. The minimum absolute atomic E-state index is 0.0438. The van der Waals surface area contributed by atoms with E-state index < -0.39 is 10.8 Å². The van der Waals surface area contributed by atoms with Crippen LogP contribution < -0.4 is 0 Å². The highest BCUT2D eigenvalue weighted by Gasteiger charge is 2.22. The number of carbonyl (C=O) groups excluding carboxylic acids is 1. The van der Waals surface area contributed by atoms with Crippen LogP contribution in [0.25, 0.3) is 0 Å². The molecule has 0 saturated heterocycles. The number of hydrogen-bond acceptors (Lipinski definition) is 4. The molecule has 0 saturated carbocycles. The Balaban J connectivity index is 2.61. The van der Waals surface area contributed by atoms with Gasteiger partial charge in [0, 0.05) is 34.2 Å². The molecule has 4 nitrogen and oxygen atoms in total. The lowest BCUT2D eigenvalue weighted by molar-refractivity contribution is -0.131. The van der Waals surface area contributed by atoms with Crippen molar-refractivity contribution >= 4 is 28.0 Å². The van der Waals surface area contributed by atoms with E-state index in [4.69, 9.17) is 0 Å². The highest BCUT2D eigenvalue weighted by Crippen LogP contribution is 2.20. The average molecular weight is 331 g/mol. The molecule has 1 aromatic heterocycles. The topological polar surface area (TPSA) is 50.3 Å². The number of amides is 1. The molecule has 0 aliphatic rings. The fourth-order valence-electron chi connectivity index (χ4n) is 2.25. The van der Waals surface area contributed by atoms with Gasteiger partial charge in [0.05, 0.1) is 16.5 Å². The molecule has 0 aliphatic heterocycles. The monoisotopic (exact) mass is 330 g/mol. The summed E-state index contributed by atoms with van der Waals surface area (Å²) < 4.78 is 12.2. The van der Waals surface area contributed by atoms with Gasteiger partial charge in [-0.25, -0.2) is 4.98 Å². The van der Waals surface area contributed by atoms with E-state index in [0.717, 1.165) is 10.7 Å². The smallest absolute Gasteiger partial charge is 0.235 e. The van der Waals surface area contributed by atoms with Crippen LogP contribution in [0.1, 0.15) is 58.2 Å². The lowest BCUT2D eigenvalue weighted by Crippen LogP contribution is -2.44. The van der Waals surface area contributed by atoms with Crippen LogP contribution in [-0.4, -0.2) is 37.8 Å². The molecule has 21 heavy (non-hydrogen) atoms. The zero-order valence-corrected chi connectivity index (χ0v) is 15.4. The Hall–Kier alpha value is -0.750. The Morgan fingerprint density at radius 1 is 1.24 bits per heavy atom. The Morgan fingerprint density at radius 2 is 1.81 bits per heavy atom. The van der Waals surface area contributed by atoms with Crippen molar-refractivity contribution in [1.29, 1.82) is 0 Å².